The molecule has 0 unspecified atom stereocenters. The van der Waals surface area contributed by atoms with E-state index in [4.69, 9.17) is 4.42 Å². The van der Waals surface area contributed by atoms with E-state index in [2.05, 4.69) is 0 Å². The molecule has 15 heavy (non-hydrogen) atoms. The minimum Gasteiger partial charge on any atom is -0.464 e. The predicted octanol–water partition coefficient (Wildman–Crippen LogP) is 1.97. The highest BCUT2D eigenvalue weighted by Crippen LogP contribution is 2.06. The molecule has 3 nitrogen and oxygen atoms in total. The highest BCUT2D eigenvalue weighted by atomic mass is 16.3. The number of fused-ring (bicyclic) bond motifs is 1. The van der Waals surface area contributed by atoms with Crippen LogP contribution in [0.15, 0.2) is 45.8 Å². The lowest BCUT2D eigenvalue weighted by atomic mass is 10.2. The summed E-state index contributed by atoms with van der Waals surface area (Å²) in [6, 6.07) is 8.60. The summed E-state index contributed by atoms with van der Waals surface area (Å²) >= 11 is 0. The summed E-state index contributed by atoms with van der Waals surface area (Å²) in [5, 5.41) is 0.634. The van der Waals surface area contributed by atoms with E-state index in [9.17, 15) is 4.79 Å². The molecule has 0 aliphatic carbocycles. The summed E-state index contributed by atoms with van der Waals surface area (Å²) < 4.78 is 5.09. The van der Waals surface area contributed by atoms with Crippen molar-refractivity contribution in [3.8, 4) is 0 Å². The van der Waals surface area contributed by atoms with Crippen molar-refractivity contribution >= 4 is 11.0 Å². The second kappa shape index (κ2) is 5.32. The lowest BCUT2D eigenvalue weighted by Crippen LogP contribution is -1.99. The maximum Gasteiger partial charge on any atom is 0.192 e. The van der Waals surface area contributed by atoms with E-state index in [1.54, 1.807) is 12.1 Å². The van der Waals surface area contributed by atoms with Gasteiger partial charge in [-0.3, -0.25) is 4.79 Å². The predicted molar refractivity (Wildman–Crippen MR) is 62.1 cm³/mol. The van der Waals surface area contributed by atoms with Crippen LogP contribution in [0.3, 0.4) is 0 Å². The van der Waals surface area contributed by atoms with Gasteiger partial charge in [0, 0.05) is 6.07 Å². The molecule has 0 amide bonds. The van der Waals surface area contributed by atoms with Gasteiger partial charge >= 0.3 is 0 Å². The molecule has 1 heterocycles. The fourth-order valence-electron chi connectivity index (χ4n) is 1.03. The van der Waals surface area contributed by atoms with Crippen LogP contribution in [0.5, 0.6) is 0 Å². The third-order valence-corrected chi connectivity index (χ3v) is 1.57. The van der Waals surface area contributed by atoms with Crippen LogP contribution in [0.2, 0.25) is 0 Å². The molecule has 1 aromatic heterocycles. The van der Waals surface area contributed by atoms with Gasteiger partial charge in [0.15, 0.2) is 5.43 Å². The molecule has 0 fully saturated rings. The van der Waals surface area contributed by atoms with Crippen molar-refractivity contribution in [1.29, 1.82) is 0 Å². The summed E-state index contributed by atoms with van der Waals surface area (Å²) in [7, 11) is 6.00. The molecule has 0 bridgehead atoms. The van der Waals surface area contributed by atoms with Crippen molar-refractivity contribution in [3.63, 3.8) is 0 Å². The Kier molecular flexibility index (Phi) is 4.06. The SMILES string of the molecule is CN(C)C.O=c1ccoc2ccccc12. The lowest BCUT2D eigenvalue weighted by Gasteiger charge is -1.91. The second-order valence-electron chi connectivity index (χ2n) is 3.62. The number of benzene rings is 1. The van der Waals surface area contributed by atoms with Crippen LogP contribution in [-0.2, 0) is 0 Å². The molecule has 0 aliphatic heterocycles. The van der Waals surface area contributed by atoms with Crippen LogP contribution >= 0.6 is 0 Å². The molecule has 0 saturated heterocycles. The molecule has 1 aromatic carbocycles. The van der Waals surface area contributed by atoms with Gasteiger partial charge in [0.2, 0.25) is 0 Å². The lowest BCUT2D eigenvalue weighted by molar-refractivity contribution is 0.505. The Morgan fingerprint density at radius 1 is 1.07 bits per heavy atom. The molecule has 0 saturated carbocycles. The summed E-state index contributed by atoms with van der Waals surface area (Å²) in [5.74, 6) is 0. The van der Waals surface area contributed by atoms with Crippen molar-refractivity contribution < 1.29 is 4.42 Å². The van der Waals surface area contributed by atoms with Gasteiger partial charge in [-0.15, -0.1) is 0 Å². The number of para-hydroxylation sites is 1. The molecule has 80 valence electrons. The third-order valence-electron chi connectivity index (χ3n) is 1.57. The van der Waals surface area contributed by atoms with Gasteiger partial charge in [0.1, 0.15) is 5.58 Å². The van der Waals surface area contributed by atoms with E-state index >= 15 is 0 Å². The van der Waals surface area contributed by atoms with E-state index in [0.717, 1.165) is 0 Å². The Bertz CT molecular complexity index is 466. The average molecular weight is 205 g/mol. The first-order valence-corrected chi connectivity index (χ1v) is 4.68. The number of nitrogens with zero attached hydrogens (tertiary/aromatic N) is 1. The van der Waals surface area contributed by atoms with Gasteiger partial charge in [0.05, 0.1) is 11.6 Å². The molecular formula is C12H15NO2. The molecule has 3 heteroatoms. The van der Waals surface area contributed by atoms with Gasteiger partial charge in [-0.2, -0.15) is 0 Å². The maximum atomic E-state index is 11.1. The quantitative estimate of drug-likeness (QED) is 0.659. The molecule has 2 aromatic rings. The summed E-state index contributed by atoms with van der Waals surface area (Å²) in [6.07, 6.45) is 1.41. The van der Waals surface area contributed by atoms with E-state index in [-0.39, 0.29) is 5.43 Å². The molecule has 0 atom stereocenters. The molecule has 0 spiro atoms. The normalized spacial score (nSPS) is 9.87. The second-order valence-corrected chi connectivity index (χ2v) is 3.62. The third kappa shape index (κ3) is 3.56. The van der Waals surface area contributed by atoms with Gasteiger partial charge in [-0.05, 0) is 33.3 Å². The number of rotatable bonds is 0. The van der Waals surface area contributed by atoms with Gasteiger partial charge in [-0.25, -0.2) is 0 Å². The molecular weight excluding hydrogens is 190 g/mol. The highest BCUT2D eigenvalue weighted by Gasteiger charge is 1.95. The first-order chi connectivity index (χ1) is 7.11. The van der Waals surface area contributed by atoms with Gasteiger partial charge < -0.3 is 9.32 Å². The largest absolute Gasteiger partial charge is 0.464 e. The van der Waals surface area contributed by atoms with Crippen LogP contribution < -0.4 is 5.43 Å². The van der Waals surface area contributed by atoms with E-state index < -0.39 is 0 Å². The summed E-state index contributed by atoms with van der Waals surface area (Å²) in [4.78, 5) is 13.1. The van der Waals surface area contributed by atoms with E-state index in [0.29, 0.717) is 11.0 Å². The Morgan fingerprint density at radius 3 is 2.27 bits per heavy atom. The van der Waals surface area contributed by atoms with Crippen LogP contribution in [0.25, 0.3) is 11.0 Å². The molecule has 2 rings (SSSR count). The van der Waals surface area contributed by atoms with Crippen molar-refractivity contribution in [2.24, 2.45) is 0 Å². The van der Waals surface area contributed by atoms with Crippen molar-refractivity contribution in [1.82, 2.24) is 4.90 Å². The van der Waals surface area contributed by atoms with Crippen LogP contribution in [-0.4, -0.2) is 26.0 Å². The standard InChI is InChI=1S/C9H6O2.C3H9N/c10-8-5-6-11-9-4-2-1-3-7(8)9;1-4(2)3/h1-6H;1-3H3. The molecule has 0 aliphatic rings. The topological polar surface area (TPSA) is 33.5 Å². The fourth-order valence-corrected chi connectivity index (χ4v) is 1.03. The Balaban J connectivity index is 0.000000245. The zero-order chi connectivity index (χ0) is 11.3. The van der Waals surface area contributed by atoms with Gasteiger partial charge in [0.25, 0.3) is 0 Å². The Labute approximate surface area is 88.9 Å². The first kappa shape index (κ1) is 11.5. The number of hydrogen-bond acceptors (Lipinski definition) is 3. The smallest absolute Gasteiger partial charge is 0.192 e. The maximum absolute atomic E-state index is 11.1. The summed E-state index contributed by atoms with van der Waals surface area (Å²) in [5.41, 5.74) is 0.645. The van der Waals surface area contributed by atoms with E-state index in [1.165, 1.54) is 12.3 Å². The highest BCUT2D eigenvalue weighted by molar-refractivity contribution is 5.75. The monoisotopic (exact) mass is 205 g/mol. The minimum atomic E-state index is 0.00634. The minimum absolute atomic E-state index is 0.00634. The van der Waals surface area contributed by atoms with Crippen LogP contribution in [0, 0.1) is 0 Å². The molecule has 0 N–H and O–H groups in total. The van der Waals surface area contributed by atoms with Crippen molar-refractivity contribution in [2.45, 2.75) is 0 Å². The Morgan fingerprint density at radius 2 is 1.67 bits per heavy atom. The van der Waals surface area contributed by atoms with Crippen LogP contribution in [0.4, 0.5) is 0 Å². The molecule has 0 radical (unpaired) electrons. The fraction of sp³-hybridized carbons (Fsp3) is 0.250. The van der Waals surface area contributed by atoms with Crippen molar-refractivity contribution in [2.75, 3.05) is 21.1 Å². The van der Waals surface area contributed by atoms with E-state index in [1.807, 2.05) is 38.2 Å². The first-order valence-electron chi connectivity index (χ1n) is 4.68. The Hall–Kier alpha value is -1.61. The summed E-state index contributed by atoms with van der Waals surface area (Å²) in [6.45, 7) is 0. The zero-order valence-corrected chi connectivity index (χ0v) is 9.23. The average Bonchev–Trinajstić information content (AvgIpc) is 2.18. The van der Waals surface area contributed by atoms with Gasteiger partial charge in [-0.1, -0.05) is 12.1 Å². The van der Waals surface area contributed by atoms with Crippen molar-refractivity contribution in [3.05, 3.63) is 46.8 Å². The zero-order valence-electron chi connectivity index (χ0n) is 9.23. The van der Waals surface area contributed by atoms with Crippen LogP contribution in [0.1, 0.15) is 0 Å². The number of hydrogen-bond donors (Lipinski definition) is 0.